The van der Waals surface area contributed by atoms with E-state index < -0.39 is 5.97 Å². The van der Waals surface area contributed by atoms with Crippen molar-refractivity contribution in [3.05, 3.63) is 35.4 Å². The highest BCUT2D eigenvalue weighted by molar-refractivity contribution is 5.89. The van der Waals surface area contributed by atoms with Gasteiger partial charge in [0.25, 0.3) is 0 Å². The number of rotatable bonds is 6. The second-order valence-electron chi connectivity index (χ2n) is 3.38. The number of carbonyl (C=O) groups excluding carboxylic acids is 1. The summed E-state index contributed by atoms with van der Waals surface area (Å²) in [5.41, 5.74) is 1.55. The first-order valence-electron chi connectivity index (χ1n) is 5.25. The van der Waals surface area contributed by atoms with Gasteiger partial charge in [0.1, 0.15) is 6.61 Å². The Morgan fingerprint density at radius 3 is 2.38 bits per heavy atom. The number of hydrogen-bond acceptors (Lipinski definition) is 4. The molecule has 0 atom stereocenters. The predicted molar refractivity (Wildman–Crippen MR) is 59.2 cm³/mol. The van der Waals surface area contributed by atoms with Crippen LogP contribution in [0.25, 0.3) is 0 Å². The van der Waals surface area contributed by atoms with Crippen molar-refractivity contribution in [2.24, 2.45) is 0 Å². The number of hydrogen-bond donors (Lipinski definition) is 2. The van der Waals surface area contributed by atoms with E-state index in [0.29, 0.717) is 12.0 Å². The lowest BCUT2D eigenvalue weighted by molar-refractivity contribution is 0.0433. The fourth-order valence-corrected chi connectivity index (χ4v) is 1.31. The molecule has 0 heterocycles. The number of aliphatic hydroxyl groups is 2. The molecule has 0 saturated carbocycles. The zero-order valence-corrected chi connectivity index (χ0v) is 9.06. The molecule has 4 heteroatoms. The molecule has 0 saturated heterocycles. The highest BCUT2D eigenvalue weighted by Crippen LogP contribution is 2.07. The van der Waals surface area contributed by atoms with Crippen LogP contribution in [0.4, 0.5) is 0 Å². The predicted octanol–water partition coefficient (Wildman–Crippen LogP) is 0.761. The quantitative estimate of drug-likeness (QED) is 0.700. The lowest BCUT2D eigenvalue weighted by Gasteiger charge is -2.04. The molecule has 2 N–H and O–H groups in total. The van der Waals surface area contributed by atoms with Crippen LogP contribution in [0.2, 0.25) is 0 Å². The molecule has 0 fully saturated rings. The third-order valence-corrected chi connectivity index (χ3v) is 2.14. The number of benzene rings is 1. The van der Waals surface area contributed by atoms with Crippen LogP contribution >= 0.6 is 0 Å². The lowest BCUT2D eigenvalue weighted by Crippen LogP contribution is -2.08. The molecular weight excluding hydrogens is 208 g/mol. The van der Waals surface area contributed by atoms with Crippen LogP contribution in [0.3, 0.4) is 0 Å². The molecule has 1 aromatic rings. The van der Waals surface area contributed by atoms with Crippen molar-refractivity contribution in [1.29, 1.82) is 0 Å². The van der Waals surface area contributed by atoms with Gasteiger partial charge in [-0.2, -0.15) is 0 Å². The summed E-state index contributed by atoms with van der Waals surface area (Å²) >= 11 is 0. The van der Waals surface area contributed by atoms with Crippen molar-refractivity contribution in [3.8, 4) is 0 Å². The average molecular weight is 224 g/mol. The molecule has 0 aliphatic heterocycles. The topological polar surface area (TPSA) is 66.8 Å². The molecule has 1 rings (SSSR count). The summed E-state index contributed by atoms with van der Waals surface area (Å²) in [5, 5.41) is 17.2. The van der Waals surface area contributed by atoms with E-state index in [2.05, 4.69) is 0 Å². The van der Waals surface area contributed by atoms with Gasteiger partial charge in [-0.3, -0.25) is 0 Å². The first-order chi connectivity index (χ1) is 7.77. The van der Waals surface area contributed by atoms with Crippen LogP contribution in [0.5, 0.6) is 0 Å². The molecule has 0 aliphatic rings. The lowest BCUT2D eigenvalue weighted by atomic mass is 10.1. The van der Waals surface area contributed by atoms with E-state index in [1.54, 1.807) is 12.1 Å². The highest BCUT2D eigenvalue weighted by Gasteiger charge is 2.05. The maximum Gasteiger partial charge on any atom is 0.338 e. The first-order valence-corrected chi connectivity index (χ1v) is 5.25. The number of ether oxygens (including phenoxy) is 1. The molecule has 0 radical (unpaired) electrons. The molecule has 0 amide bonds. The van der Waals surface area contributed by atoms with Crippen LogP contribution in [0.1, 0.15) is 22.3 Å². The highest BCUT2D eigenvalue weighted by atomic mass is 16.5. The molecular formula is C12H16O4. The van der Waals surface area contributed by atoms with Crippen LogP contribution in [-0.2, 0) is 11.2 Å². The Balaban J connectivity index is 2.53. The van der Waals surface area contributed by atoms with Gasteiger partial charge in [-0.15, -0.1) is 0 Å². The van der Waals surface area contributed by atoms with Crippen molar-refractivity contribution in [3.63, 3.8) is 0 Å². The van der Waals surface area contributed by atoms with Crippen molar-refractivity contribution < 1.29 is 19.7 Å². The second-order valence-corrected chi connectivity index (χ2v) is 3.38. The molecule has 16 heavy (non-hydrogen) atoms. The van der Waals surface area contributed by atoms with Crippen molar-refractivity contribution in [2.45, 2.75) is 12.8 Å². The smallest absolute Gasteiger partial charge is 0.338 e. The third-order valence-electron chi connectivity index (χ3n) is 2.14. The normalized spacial score (nSPS) is 10.1. The van der Waals surface area contributed by atoms with E-state index in [4.69, 9.17) is 14.9 Å². The zero-order valence-electron chi connectivity index (χ0n) is 9.06. The Morgan fingerprint density at radius 1 is 1.12 bits per heavy atom. The molecule has 0 bridgehead atoms. The van der Waals surface area contributed by atoms with Gasteiger partial charge in [0.05, 0.1) is 12.2 Å². The summed E-state index contributed by atoms with van der Waals surface area (Å²) in [6.07, 6.45) is 1.51. The fourth-order valence-electron chi connectivity index (χ4n) is 1.31. The molecule has 0 spiro atoms. The van der Waals surface area contributed by atoms with E-state index in [9.17, 15) is 4.79 Å². The molecule has 4 nitrogen and oxygen atoms in total. The van der Waals surface area contributed by atoms with Crippen LogP contribution < -0.4 is 0 Å². The number of aliphatic hydroxyl groups excluding tert-OH is 2. The standard InChI is InChI=1S/C12H16O4/c13-7-1-2-10-3-5-11(6-4-10)12(15)16-9-8-14/h3-6,13-14H,1-2,7-9H2. The van der Waals surface area contributed by atoms with Crippen LogP contribution in [0.15, 0.2) is 24.3 Å². The van der Waals surface area contributed by atoms with E-state index in [1.165, 1.54) is 0 Å². The Kier molecular flexibility index (Phi) is 5.53. The van der Waals surface area contributed by atoms with Gasteiger partial charge in [0, 0.05) is 6.61 Å². The Morgan fingerprint density at radius 2 is 1.81 bits per heavy atom. The molecule has 0 unspecified atom stereocenters. The number of aryl methyl sites for hydroxylation is 1. The number of esters is 1. The van der Waals surface area contributed by atoms with Gasteiger partial charge in [0.2, 0.25) is 0 Å². The molecule has 1 aromatic carbocycles. The van der Waals surface area contributed by atoms with Crippen LogP contribution in [-0.4, -0.2) is 36.0 Å². The van der Waals surface area contributed by atoms with Crippen molar-refractivity contribution in [2.75, 3.05) is 19.8 Å². The first kappa shape index (κ1) is 12.7. The average Bonchev–Trinajstić information content (AvgIpc) is 2.34. The summed E-state index contributed by atoms with van der Waals surface area (Å²) in [6.45, 7) is 0.0196. The largest absolute Gasteiger partial charge is 0.460 e. The van der Waals surface area contributed by atoms with Gasteiger partial charge >= 0.3 is 5.97 Å². The van der Waals surface area contributed by atoms with Crippen molar-refractivity contribution in [1.82, 2.24) is 0 Å². The zero-order chi connectivity index (χ0) is 11.8. The maximum atomic E-state index is 11.4. The van der Waals surface area contributed by atoms with Gasteiger partial charge < -0.3 is 14.9 Å². The second kappa shape index (κ2) is 6.98. The van der Waals surface area contributed by atoms with Gasteiger partial charge in [0.15, 0.2) is 0 Å². The Labute approximate surface area is 94.5 Å². The van der Waals surface area contributed by atoms with E-state index in [-0.39, 0.29) is 19.8 Å². The monoisotopic (exact) mass is 224 g/mol. The minimum atomic E-state index is -0.428. The molecule has 0 aliphatic carbocycles. The van der Waals surface area contributed by atoms with E-state index in [1.807, 2.05) is 12.1 Å². The number of carbonyl (C=O) groups is 1. The van der Waals surface area contributed by atoms with E-state index in [0.717, 1.165) is 12.0 Å². The SMILES string of the molecule is O=C(OCCO)c1ccc(CCCO)cc1. The summed E-state index contributed by atoms with van der Waals surface area (Å²) in [4.78, 5) is 11.4. The molecule has 0 aromatic heterocycles. The summed E-state index contributed by atoms with van der Waals surface area (Å²) < 4.78 is 4.77. The maximum absolute atomic E-state index is 11.4. The van der Waals surface area contributed by atoms with Gasteiger partial charge in [-0.05, 0) is 30.5 Å². The Hall–Kier alpha value is -1.39. The fraction of sp³-hybridized carbons (Fsp3) is 0.417. The van der Waals surface area contributed by atoms with Gasteiger partial charge in [-0.25, -0.2) is 4.79 Å². The minimum absolute atomic E-state index is 0.0189. The summed E-state index contributed by atoms with van der Waals surface area (Å²) in [7, 11) is 0. The van der Waals surface area contributed by atoms with Gasteiger partial charge in [-0.1, -0.05) is 12.1 Å². The summed E-state index contributed by atoms with van der Waals surface area (Å²) in [6, 6.07) is 7.05. The summed E-state index contributed by atoms with van der Waals surface area (Å²) in [5.74, 6) is -0.428. The van der Waals surface area contributed by atoms with Crippen LogP contribution in [0, 0.1) is 0 Å². The third kappa shape index (κ3) is 4.00. The minimum Gasteiger partial charge on any atom is -0.460 e. The van der Waals surface area contributed by atoms with E-state index >= 15 is 0 Å². The van der Waals surface area contributed by atoms with Crippen molar-refractivity contribution >= 4 is 5.97 Å². The Bertz CT molecular complexity index is 318. The molecule has 88 valence electrons.